The molecule has 3 rings (SSSR count). The summed E-state index contributed by atoms with van der Waals surface area (Å²) in [4.78, 5) is 23.8. The average Bonchev–Trinajstić information content (AvgIpc) is 2.80. The number of esters is 1. The normalized spacial score (nSPS) is 10.4. The van der Waals surface area contributed by atoms with Crippen molar-refractivity contribution in [3.8, 4) is 17.2 Å². The second-order valence-electron chi connectivity index (χ2n) is 6.08. The molecule has 0 saturated carbocycles. The molecule has 0 spiro atoms. The third-order valence-electron chi connectivity index (χ3n) is 3.93. The largest absolute Gasteiger partial charge is 0.497 e. The first kappa shape index (κ1) is 20.6. The minimum Gasteiger partial charge on any atom is -0.497 e. The quantitative estimate of drug-likeness (QED) is 0.269. The highest BCUT2D eigenvalue weighted by Gasteiger charge is 2.07. The number of rotatable bonds is 8. The lowest BCUT2D eigenvalue weighted by molar-refractivity contribution is -0.123. The van der Waals surface area contributed by atoms with Gasteiger partial charge in [-0.25, -0.2) is 10.2 Å². The van der Waals surface area contributed by atoms with Gasteiger partial charge >= 0.3 is 5.97 Å². The van der Waals surface area contributed by atoms with Crippen molar-refractivity contribution in [2.75, 3.05) is 13.7 Å². The van der Waals surface area contributed by atoms with E-state index in [0.717, 1.165) is 5.56 Å². The van der Waals surface area contributed by atoms with Crippen LogP contribution >= 0.6 is 0 Å². The Labute approximate surface area is 173 Å². The van der Waals surface area contributed by atoms with Gasteiger partial charge in [-0.3, -0.25) is 4.79 Å². The summed E-state index contributed by atoms with van der Waals surface area (Å²) >= 11 is 0. The molecule has 0 radical (unpaired) electrons. The molecule has 0 saturated heterocycles. The first-order chi connectivity index (χ1) is 14.6. The molecule has 3 aromatic carbocycles. The van der Waals surface area contributed by atoms with Gasteiger partial charge in [0.2, 0.25) is 0 Å². The average molecular weight is 404 g/mol. The summed E-state index contributed by atoms with van der Waals surface area (Å²) in [6, 6.07) is 22.4. The van der Waals surface area contributed by atoms with E-state index in [2.05, 4.69) is 10.5 Å². The van der Waals surface area contributed by atoms with Crippen LogP contribution in [0.15, 0.2) is 84.0 Å². The number of nitrogens with one attached hydrogen (secondary N) is 1. The van der Waals surface area contributed by atoms with E-state index in [0.29, 0.717) is 22.8 Å². The van der Waals surface area contributed by atoms with Gasteiger partial charge in [-0.15, -0.1) is 0 Å². The molecule has 0 aliphatic heterocycles. The van der Waals surface area contributed by atoms with E-state index in [4.69, 9.17) is 14.2 Å². The minimum atomic E-state index is -0.429. The molecular weight excluding hydrogens is 384 g/mol. The van der Waals surface area contributed by atoms with Crippen LogP contribution in [0, 0.1) is 0 Å². The van der Waals surface area contributed by atoms with Gasteiger partial charge in [0.05, 0.1) is 18.9 Å². The lowest BCUT2D eigenvalue weighted by Gasteiger charge is -2.06. The summed E-state index contributed by atoms with van der Waals surface area (Å²) in [5, 5.41) is 3.89. The second kappa shape index (κ2) is 10.4. The van der Waals surface area contributed by atoms with Crippen LogP contribution in [0.5, 0.6) is 17.2 Å². The summed E-state index contributed by atoms with van der Waals surface area (Å²) in [5.41, 5.74) is 3.59. The topological polar surface area (TPSA) is 86.2 Å². The first-order valence-corrected chi connectivity index (χ1v) is 9.10. The van der Waals surface area contributed by atoms with Crippen molar-refractivity contribution in [1.29, 1.82) is 0 Å². The molecule has 7 heteroatoms. The van der Waals surface area contributed by atoms with E-state index in [1.807, 2.05) is 6.07 Å². The third kappa shape index (κ3) is 6.20. The highest BCUT2D eigenvalue weighted by atomic mass is 16.5. The van der Waals surface area contributed by atoms with Crippen LogP contribution in [-0.4, -0.2) is 31.8 Å². The third-order valence-corrected chi connectivity index (χ3v) is 3.93. The standard InChI is InChI=1S/C23H20N2O5/c1-28-19-11-13-20(14-12-19)29-16-22(26)25-24-15-17-7-9-21(10-8-17)30-23(27)18-5-3-2-4-6-18/h2-15H,16H2,1H3,(H,25,26)/b24-15-. The first-order valence-electron chi connectivity index (χ1n) is 9.10. The van der Waals surface area contributed by atoms with Crippen LogP contribution in [0.1, 0.15) is 15.9 Å². The Morgan fingerprint density at radius 1 is 0.867 bits per heavy atom. The van der Waals surface area contributed by atoms with Gasteiger partial charge in [-0.05, 0) is 66.2 Å². The fraction of sp³-hybridized carbons (Fsp3) is 0.0870. The van der Waals surface area contributed by atoms with Crippen molar-refractivity contribution in [2.24, 2.45) is 5.10 Å². The molecule has 1 N–H and O–H groups in total. The Balaban J connectivity index is 1.44. The second-order valence-corrected chi connectivity index (χ2v) is 6.08. The Bertz CT molecular complexity index is 1000. The predicted molar refractivity (Wildman–Crippen MR) is 112 cm³/mol. The van der Waals surface area contributed by atoms with Crippen LogP contribution in [0.3, 0.4) is 0 Å². The molecular formula is C23H20N2O5. The number of hydrogen-bond donors (Lipinski definition) is 1. The van der Waals surface area contributed by atoms with Crippen molar-refractivity contribution >= 4 is 18.1 Å². The summed E-state index contributed by atoms with van der Waals surface area (Å²) < 4.78 is 15.7. The molecule has 0 bridgehead atoms. The number of carbonyl (C=O) groups excluding carboxylic acids is 2. The lowest BCUT2D eigenvalue weighted by Crippen LogP contribution is -2.24. The Hall–Kier alpha value is -4.13. The molecule has 3 aromatic rings. The van der Waals surface area contributed by atoms with E-state index < -0.39 is 11.9 Å². The van der Waals surface area contributed by atoms with Crippen molar-refractivity contribution in [2.45, 2.75) is 0 Å². The number of ether oxygens (including phenoxy) is 3. The van der Waals surface area contributed by atoms with Crippen molar-refractivity contribution in [3.05, 3.63) is 90.0 Å². The van der Waals surface area contributed by atoms with Gasteiger partial charge in [0.15, 0.2) is 6.61 Å². The minimum absolute atomic E-state index is 0.169. The van der Waals surface area contributed by atoms with E-state index in [1.54, 1.807) is 79.9 Å². The fourth-order valence-corrected chi connectivity index (χ4v) is 2.39. The zero-order valence-corrected chi connectivity index (χ0v) is 16.3. The number of methoxy groups -OCH3 is 1. The van der Waals surface area contributed by atoms with E-state index in [1.165, 1.54) is 6.21 Å². The Morgan fingerprint density at radius 2 is 1.50 bits per heavy atom. The number of benzene rings is 3. The molecule has 0 atom stereocenters. The van der Waals surface area contributed by atoms with E-state index in [9.17, 15) is 9.59 Å². The molecule has 0 aliphatic carbocycles. The molecule has 152 valence electrons. The van der Waals surface area contributed by atoms with Gasteiger partial charge in [0, 0.05) is 0 Å². The monoisotopic (exact) mass is 404 g/mol. The smallest absolute Gasteiger partial charge is 0.343 e. The van der Waals surface area contributed by atoms with Crippen LogP contribution in [0.2, 0.25) is 0 Å². The number of hydrazone groups is 1. The molecule has 1 amide bonds. The molecule has 0 aliphatic rings. The fourth-order valence-electron chi connectivity index (χ4n) is 2.39. The molecule has 0 aromatic heterocycles. The molecule has 7 nitrogen and oxygen atoms in total. The highest BCUT2D eigenvalue weighted by Crippen LogP contribution is 2.17. The van der Waals surface area contributed by atoms with E-state index >= 15 is 0 Å². The molecule has 0 unspecified atom stereocenters. The van der Waals surface area contributed by atoms with Crippen LogP contribution in [0.25, 0.3) is 0 Å². The van der Waals surface area contributed by atoms with Gasteiger partial charge in [-0.1, -0.05) is 18.2 Å². The summed E-state index contributed by atoms with van der Waals surface area (Å²) in [7, 11) is 1.58. The SMILES string of the molecule is COc1ccc(OCC(=O)N/N=C\c2ccc(OC(=O)c3ccccc3)cc2)cc1. The van der Waals surface area contributed by atoms with Gasteiger partial charge in [0.25, 0.3) is 5.91 Å². The number of nitrogens with zero attached hydrogens (tertiary/aromatic N) is 1. The summed E-state index contributed by atoms with van der Waals surface area (Å²) in [5.74, 6) is 0.849. The number of hydrogen-bond acceptors (Lipinski definition) is 6. The highest BCUT2D eigenvalue weighted by molar-refractivity contribution is 5.91. The number of amides is 1. The molecule has 0 fully saturated rings. The van der Waals surface area contributed by atoms with Gasteiger partial charge in [-0.2, -0.15) is 5.10 Å². The summed E-state index contributed by atoms with van der Waals surface area (Å²) in [6.45, 7) is -0.169. The van der Waals surface area contributed by atoms with Crippen molar-refractivity contribution < 1.29 is 23.8 Å². The Kier molecular flexibility index (Phi) is 7.16. The van der Waals surface area contributed by atoms with Gasteiger partial charge in [0.1, 0.15) is 17.2 Å². The van der Waals surface area contributed by atoms with Crippen molar-refractivity contribution in [1.82, 2.24) is 5.43 Å². The van der Waals surface area contributed by atoms with Crippen LogP contribution in [0.4, 0.5) is 0 Å². The van der Waals surface area contributed by atoms with Crippen molar-refractivity contribution in [3.63, 3.8) is 0 Å². The molecule has 30 heavy (non-hydrogen) atoms. The zero-order chi connectivity index (χ0) is 21.2. The summed E-state index contributed by atoms with van der Waals surface area (Å²) in [6.07, 6.45) is 1.48. The van der Waals surface area contributed by atoms with Gasteiger partial charge < -0.3 is 14.2 Å². The lowest BCUT2D eigenvalue weighted by atomic mass is 10.2. The van der Waals surface area contributed by atoms with Crippen LogP contribution in [-0.2, 0) is 4.79 Å². The molecule has 0 heterocycles. The maximum Gasteiger partial charge on any atom is 0.343 e. The number of carbonyl (C=O) groups is 2. The maximum atomic E-state index is 12.0. The Morgan fingerprint density at radius 3 is 2.17 bits per heavy atom. The predicted octanol–water partition coefficient (Wildman–Crippen LogP) is 3.44. The zero-order valence-electron chi connectivity index (χ0n) is 16.3. The van der Waals surface area contributed by atoms with E-state index in [-0.39, 0.29) is 6.61 Å². The maximum absolute atomic E-state index is 12.0. The van der Waals surface area contributed by atoms with Crippen LogP contribution < -0.4 is 19.6 Å².